The van der Waals surface area contributed by atoms with Gasteiger partial charge in [-0.15, -0.1) is 0 Å². The van der Waals surface area contributed by atoms with Crippen molar-refractivity contribution in [2.75, 3.05) is 13.1 Å². The van der Waals surface area contributed by atoms with Gasteiger partial charge in [0.25, 0.3) is 0 Å². The lowest BCUT2D eigenvalue weighted by Crippen LogP contribution is -2.65. The molecule has 0 spiro atoms. The van der Waals surface area contributed by atoms with E-state index in [4.69, 9.17) is 4.74 Å². The number of likely N-dealkylation sites (tertiary alicyclic amines) is 1. The number of hydrogen-bond donors (Lipinski definition) is 0. The molecule has 6 atom stereocenters. The highest BCUT2D eigenvalue weighted by Gasteiger charge is 2.59. The Bertz CT molecular complexity index is 645. The molecule has 0 bridgehead atoms. The van der Waals surface area contributed by atoms with E-state index in [1.165, 1.54) is 44.3 Å². The van der Waals surface area contributed by atoms with Gasteiger partial charge in [-0.05, 0) is 57.1 Å². The molecule has 1 aromatic carbocycles. The van der Waals surface area contributed by atoms with Gasteiger partial charge in [-0.3, -0.25) is 9.80 Å². The van der Waals surface area contributed by atoms with Crippen molar-refractivity contribution >= 4 is 0 Å². The van der Waals surface area contributed by atoms with E-state index < -0.39 is 0 Å². The molecule has 0 amide bonds. The van der Waals surface area contributed by atoms with Crippen LogP contribution in [0.15, 0.2) is 30.3 Å². The van der Waals surface area contributed by atoms with Gasteiger partial charge in [0.15, 0.2) is 0 Å². The molecule has 4 aliphatic rings. The number of rotatable bonds is 2. The number of hydrogen-bond acceptors (Lipinski definition) is 3. The third-order valence-electron chi connectivity index (χ3n) is 7.97. The van der Waals surface area contributed by atoms with Crippen LogP contribution >= 0.6 is 0 Å². The molecule has 3 saturated heterocycles. The molecule has 1 saturated carbocycles. The number of nitrogens with zero attached hydrogens (tertiary/aromatic N) is 2. The van der Waals surface area contributed by atoms with Crippen LogP contribution in [-0.2, 0) is 11.3 Å². The summed E-state index contributed by atoms with van der Waals surface area (Å²) in [4.78, 5) is 5.46. The zero-order chi connectivity index (χ0) is 17.9. The summed E-state index contributed by atoms with van der Waals surface area (Å²) in [5, 5.41) is 0. The second-order valence-electron chi connectivity index (χ2n) is 9.89. The Labute approximate surface area is 158 Å². The molecule has 3 aliphatic heterocycles. The van der Waals surface area contributed by atoms with Gasteiger partial charge in [-0.1, -0.05) is 43.7 Å². The summed E-state index contributed by atoms with van der Waals surface area (Å²) >= 11 is 0. The first-order valence-electron chi connectivity index (χ1n) is 10.7. The molecule has 3 heteroatoms. The molecule has 3 nitrogen and oxygen atoms in total. The molecule has 1 aliphatic carbocycles. The van der Waals surface area contributed by atoms with Crippen LogP contribution < -0.4 is 0 Å². The molecule has 1 aromatic rings. The van der Waals surface area contributed by atoms with Crippen LogP contribution in [0, 0.1) is 17.8 Å². The van der Waals surface area contributed by atoms with Crippen molar-refractivity contribution in [3.63, 3.8) is 0 Å². The molecule has 4 fully saturated rings. The van der Waals surface area contributed by atoms with Gasteiger partial charge in [0, 0.05) is 24.5 Å². The van der Waals surface area contributed by atoms with Gasteiger partial charge in [-0.25, -0.2) is 0 Å². The van der Waals surface area contributed by atoms with Crippen molar-refractivity contribution in [1.82, 2.24) is 9.80 Å². The van der Waals surface area contributed by atoms with Gasteiger partial charge in [0.05, 0.1) is 12.1 Å². The summed E-state index contributed by atoms with van der Waals surface area (Å²) < 4.78 is 6.89. The van der Waals surface area contributed by atoms with E-state index in [2.05, 4.69) is 60.9 Å². The largest absolute Gasteiger partial charge is 0.358 e. The van der Waals surface area contributed by atoms with Gasteiger partial charge in [0.1, 0.15) is 6.23 Å². The average Bonchev–Trinajstić information content (AvgIpc) is 3.17. The predicted molar refractivity (Wildman–Crippen MR) is 105 cm³/mol. The predicted octanol–water partition coefficient (Wildman–Crippen LogP) is 4.13. The van der Waals surface area contributed by atoms with Crippen LogP contribution in [0.2, 0.25) is 0 Å². The molecular formula is C23H34N2O. The van der Waals surface area contributed by atoms with Crippen LogP contribution in [0.4, 0.5) is 0 Å². The lowest BCUT2D eigenvalue weighted by atomic mass is 9.70. The van der Waals surface area contributed by atoms with E-state index in [1.54, 1.807) is 0 Å². The van der Waals surface area contributed by atoms with E-state index >= 15 is 0 Å². The third kappa shape index (κ3) is 2.66. The average molecular weight is 355 g/mol. The molecule has 0 aromatic heterocycles. The number of fused-ring (bicyclic) bond motifs is 4. The number of ether oxygens (including phenoxy) is 1. The maximum Gasteiger partial charge on any atom is 0.127 e. The van der Waals surface area contributed by atoms with Crippen molar-refractivity contribution in [3.05, 3.63) is 35.9 Å². The fourth-order valence-electron chi connectivity index (χ4n) is 6.50. The number of benzene rings is 1. The zero-order valence-corrected chi connectivity index (χ0v) is 16.6. The minimum atomic E-state index is 0.274. The van der Waals surface area contributed by atoms with Crippen LogP contribution in [0.5, 0.6) is 0 Å². The summed E-state index contributed by atoms with van der Waals surface area (Å²) in [7, 11) is 0. The highest BCUT2D eigenvalue weighted by atomic mass is 16.5. The SMILES string of the molecule is C[C@@H]1CC[C@@H]2[C@@H](C1)O[C@H]1[C@H]3[C@H](CCN3Cc3ccccc3)CN1C2(C)C. The van der Waals surface area contributed by atoms with Crippen molar-refractivity contribution in [2.24, 2.45) is 17.8 Å². The molecule has 0 unspecified atom stereocenters. The zero-order valence-electron chi connectivity index (χ0n) is 16.6. The summed E-state index contributed by atoms with van der Waals surface area (Å²) in [5.74, 6) is 2.30. The molecule has 0 N–H and O–H groups in total. The Morgan fingerprint density at radius 1 is 1.12 bits per heavy atom. The first-order valence-corrected chi connectivity index (χ1v) is 10.7. The van der Waals surface area contributed by atoms with E-state index in [1.807, 2.05) is 0 Å². The summed E-state index contributed by atoms with van der Waals surface area (Å²) in [6.45, 7) is 10.9. The van der Waals surface area contributed by atoms with E-state index in [-0.39, 0.29) is 5.54 Å². The van der Waals surface area contributed by atoms with Crippen molar-refractivity contribution in [3.8, 4) is 0 Å². The summed E-state index contributed by atoms with van der Waals surface area (Å²) in [6.07, 6.45) is 6.06. The van der Waals surface area contributed by atoms with Crippen molar-refractivity contribution in [2.45, 2.75) is 76.9 Å². The Hall–Kier alpha value is -0.900. The summed E-state index contributed by atoms with van der Waals surface area (Å²) in [6, 6.07) is 11.6. The van der Waals surface area contributed by atoms with Crippen LogP contribution in [0.25, 0.3) is 0 Å². The van der Waals surface area contributed by atoms with E-state index in [0.29, 0.717) is 24.3 Å². The maximum atomic E-state index is 6.89. The highest BCUT2D eigenvalue weighted by Crippen LogP contribution is 2.51. The van der Waals surface area contributed by atoms with Crippen LogP contribution in [0.1, 0.15) is 52.0 Å². The molecular weight excluding hydrogens is 320 g/mol. The van der Waals surface area contributed by atoms with Gasteiger partial charge >= 0.3 is 0 Å². The second-order valence-corrected chi connectivity index (χ2v) is 9.89. The minimum Gasteiger partial charge on any atom is -0.358 e. The van der Waals surface area contributed by atoms with Crippen molar-refractivity contribution in [1.29, 1.82) is 0 Å². The molecule has 5 rings (SSSR count). The monoisotopic (exact) mass is 354 g/mol. The van der Waals surface area contributed by atoms with Crippen LogP contribution in [-0.4, -0.2) is 46.8 Å². The Kier molecular flexibility index (Phi) is 4.19. The van der Waals surface area contributed by atoms with Gasteiger partial charge < -0.3 is 4.74 Å². The normalized spacial score (nSPS) is 42.3. The van der Waals surface area contributed by atoms with Gasteiger partial charge in [0.2, 0.25) is 0 Å². The maximum absolute atomic E-state index is 6.89. The smallest absolute Gasteiger partial charge is 0.127 e. The lowest BCUT2D eigenvalue weighted by molar-refractivity contribution is -0.230. The second kappa shape index (κ2) is 6.32. The van der Waals surface area contributed by atoms with E-state index in [9.17, 15) is 0 Å². The standard InChI is InChI=1S/C23H34N2O/c1-16-9-10-19-20(13-16)26-22-21-18(15-25(22)23(19,2)3)11-12-24(21)14-17-7-5-4-6-8-17/h4-8,16,18-22H,9-15H2,1-3H3/t16-,18-,19-,20-,21-,22+/m1/s1. The summed E-state index contributed by atoms with van der Waals surface area (Å²) in [5.41, 5.74) is 1.71. The minimum absolute atomic E-state index is 0.274. The highest BCUT2D eigenvalue weighted by molar-refractivity contribution is 5.16. The molecule has 3 heterocycles. The lowest BCUT2D eigenvalue weighted by Gasteiger charge is -2.56. The fraction of sp³-hybridized carbons (Fsp3) is 0.739. The molecule has 0 radical (unpaired) electrons. The molecule has 26 heavy (non-hydrogen) atoms. The van der Waals surface area contributed by atoms with Gasteiger partial charge in [-0.2, -0.15) is 0 Å². The van der Waals surface area contributed by atoms with Crippen molar-refractivity contribution < 1.29 is 4.74 Å². The molecule has 142 valence electrons. The fourth-order valence-corrected chi connectivity index (χ4v) is 6.50. The third-order valence-corrected chi connectivity index (χ3v) is 7.97. The van der Waals surface area contributed by atoms with Crippen LogP contribution in [0.3, 0.4) is 0 Å². The first-order chi connectivity index (χ1) is 12.5. The van der Waals surface area contributed by atoms with E-state index in [0.717, 1.165) is 18.4 Å². The first kappa shape index (κ1) is 17.2. The Balaban J connectivity index is 1.40. The topological polar surface area (TPSA) is 15.7 Å². The quantitative estimate of drug-likeness (QED) is 0.794. The Morgan fingerprint density at radius 2 is 1.92 bits per heavy atom. The Morgan fingerprint density at radius 3 is 2.73 bits per heavy atom.